The summed E-state index contributed by atoms with van der Waals surface area (Å²) in [5, 5.41) is 21.0. The van der Waals surface area contributed by atoms with Crippen molar-refractivity contribution in [2.45, 2.75) is 6.92 Å². The van der Waals surface area contributed by atoms with Crippen LogP contribution >= 0.6 is 0 Å². The zero-order chi connectivity index (χ0) is 14.6. The number of likely N-dealkylation sites (N-methyl/N-ethyl adjacent to an activating group) is 1. The zero-order valence-corrected chi connectivity index (χ0v) is 10.8. The van der Waals surface area contributed by atoms with Gasteiger partial charge >= 0.3 is 12.0 Å². The van der Waals surface area contributed by atoms with Gasteiger partial charge in [-0.05, 0) is 19.1 Å². The number of hydrogen-bond acceptors (Lipinski definition) is 3. The van der Waals surface area contributed by atoms with Gasteiger partial charge in [0.05, 0.1) is 5.69 Å². The van der Waals surface area contributed by atoms with Gasteiger partial charge in [0, 0.05) is 13.6 Å². The number of para-hydroxylation sites is 1. The lowest BCUT2D eigenvalue weighted by Crippen LogP contribution is -2.32. The van der Waals surface area contributed by atoms with E-state index in [1.54, 1.807) is 14.0 Å². The van der Waals surface area contributed by atoms with Crippen molar-refractivity contribution in [1.29, 1.82) is 0 Å². The summed E-state index contributed by atoms with van der Waals surface area (Å²) in [6.07, 6.45) is 0. The number of anilines is 1. The molecule has 0 atom stereocenters. The van der Waals surface area contributed by atoms with Gasteiger partial charge in [-0.15, -0.1) is 0 Å². The molecule has 0 aromatic heterocycles. The molecule has 3 N–H and O–H groups in total. The second-order valence-corrected chi connectivity index (χ2v) is 4.25. The van der Waals surface area contributed by atoms with Crippen molar-refractivity contribution in [2.75, 3.05) is 18.9 Å². The molecule has 0 aliphatic rings. The van der Waals surface area contributed by atoms with Crippen LogP contribution < -0.4 is 5.32 Å². The summed E-state index contributed by atoms with van der Waals surface area (Å²) in [6.45, 7) is 5.84. The number of carbonyl (C=O) groups is 2. The summed E-state index contributed by atoms with van der Waals surface area (Å²) in [6, 6.07) is 3.66. The van der Waals surface area contributed by atoms with E-state index >= 15 is 0 Å². The van der Waals surface area contributed by atoms with Gasteiger partial charge in [-0.2, -0.15) is 0 Å². The van der Waals surface area contributed by atoms with Crippen molar-refractivity contribution in [3.05, 3.63) is 35.9 Å². The average Bonchev–Trinajstić information content (AvgIpc) is 2.30. The molecule has 1 aromatic carbocycles. The van der Waals surface area contributed by atoms with Crippen molar-refractivity contribution >= 4 is 17.7 Å². The fraction of sp³-hybridized carbons (Fsp3) is 0.231. The van der Waals surface area contributed by atoms with Crippen LogP contribution in [0.15, 0.2) is 30.4 Å². The molecule has 0 unspecified atom stereocenters. The number of hydrogen-bond donors (Lipinski definition) is 3. The molecule has 0 bridgehead atoms. The molecule has 6 heteroatoms. The van der Waals surface area contributed by atoms with Crippen LogP contribution in [0.5, 0.6) is 5.75 Å². The maximum atomic E-state index is 11.8. The Bertz CT molecular complexity index is 525. The first kappa shape index (κ1) is 14.6. The van der Waals surface area contributed by atoms with Crippen LogP contribution in [0.1, 0.15) is 17.3 Å². The Labute approximate surface area is 111 Å². The molecule has 0 spiro atoms. The number of carbonyl (C=O) groups excluding carboxylic acids is 1. The normalized spacial score (nSPS) is 9.79. The molecule has 0 saturated carbocycles. The number of nitrogens with one attached hydrogen (secondary N) is 1. The third-order valence-electron chi connectivity index (χ3n) is 2.36. The van der Waals surface area contributed by atoms with E-state index < -0.39 is 17.7 Å². The minimum atomic E-state index is -1.26. The molecule has 19 heavy (non-hydrogen) atoms. The first-order valence-electron chi connectivity index (χ1n) is 5.54. The van der Waals surface area contributed by atoms with Crippen molar-refractivity contribution in [2.24, 2.45) is 0 Å². The topological polar surface area (TPSA) is 89.9 Å². The van der Waals surface area contributed by atoms with Crippen LogP contribution in [-0.4, -0.2) is 40.7 Å². The second kappa shape index (κ2) is 5.90. The minimum absolute atomic E-state index is 0.0541. The van der Waals surface area contributed by atoms with Crippen LogP contribution in [0.4, 0.5) is 10.5 Å². The van der Waals surface area contributed by atoms with Crippen LogP contribution in [0.2, 0.25) is 0 Å². The third-order valence-corrected chi connectivity index (χ3v) is 2.36. The number of urea groups is 1. The smallest absolute Gasteiger partial charge is 0.339 e. The predicted octanol–water partition coefficient (Wildman–Crippen LogP) is 2.13. The van der Waals surface area contributed by atoms with Gasteiger partial charge in [-0.25, -0.2) is 9.59 Å². The minimum Gasteiger partial charge on any atom is -0.505 e. The van der Waals surface area contributed by atoms with E-state index in [0.717, 1.165) is 5.57 Å². The molecule has 102 valence electrons. The van der Waals surface area contributed by atoms with Crippen molar-refractivity contribution in [3.63, 3.8) is 0 Å². The number of nitrogens with zero attached hydrogens (tertiary/aromatic N) is 1. The lowest BCUT2D eigenvalue weighted by molar-refractivity contribution is 0.0693. The van der Waals surface area contributed by atoms with Gasteiger partial charge in [0.15, 0.2) is 5.75 Å². The maximum absolute atomic E-state index is 11.8. The molecule has 0 heterocycles. The Morgan fingerprint density at radius 3 is 2.58 bits per heavy atom. The maximum Gasteiger partial charge on any atom is 0.339 e. The van der Waals surface area contributed by atoms with E-state index in [1.807, 2.05) is 0 Å². The summed E-state index contributed by atoms with van der Waals surface area (Å²) in [4.78, 5) is 24.0. The fourth-order valence-corrected chi connectivity index (χ4v) is 1.50. The Morgan fingerprint density at radius 1 is 1.42 bits per heavy atom. The third kappa shape index (κ3) is 3.74. The Balaban J connectivity index is 2.88. The number of carboxylic acid groups (broad SMARTS) is 1. The molecule has 0 aliphatic heterocycles. The van der Waals surface area contributed by atoms with Crippen molar-refractivity contribution < 1.29 is 19.8 Å². The molecule has 2 amide bonds. The average molecular weight is 264 g/mol. The van der Waals surface area contributed by atoms with Gasteiger partial charge in [0.1, 0.15) is 5.56 Å². The first-order valence-corrected chi connectivity index (χ1v) is 5.54. The number of rotatable bonds is 4. The Kier molecular flexibility index (Phi) is 4.52. The number of amides is 2. The highest BCUT2D eigenvalue weighted by Crippen LogP contribution is 2.27. The zero-order valence-electron chi connectivity index (χ0n) is 10.8. The summed E-state index contributed by atoms with van der Waals surface area (Å²) in [7, 11) is 1.57. The summed E-state index contributed by atoms with van der Waals surface area (Å²) in [5.41, 5.74) is 0.597. The SMILES string of the molecule is C=C(C)CN(C)C(=O)Nc1cccc(C(=O)O)c1O. The number of aromatic carboxylic acids is 1. The van der Waals surface area contributed by atoms with Crippen molar-refractivity contribution in [3.8, 4) is 5.75 Å². The van der Waals surface area contributed by atoms with E-state index in [4.69, 9.17) is 5.11 Å². The monoisotopic (exact) mass is 264 g/mol. The molecular formula is C13H16N2O4. The molecule has 0 aliphatic carbocycles. The van der Waals surface area contributed by atoms with Gasteiger partial charge < -0.3 is 20.4 Å². The standard InChI is InChI=1S/C13H16N2O4/c1-8(2)7-15(3)13(19)14-10-6-4-5-9(11(10)16)12(17)18/h4-6,16H,1,7H2,2-3H3,(H,14,19)(H,17,18). The lowest BCUT2D eigenvalue weighted by atomic mass is 10.1. The molecule has 0 fully saturated rings. The van der Waals surface area contributed by atoms with Gasteiger partial charge in [0.25, 0.3) is 0 Å². The number of benzene rings is 1. The summed E-state index contributed by atoms with van der Waals surface area (Å²) >= 11 is 0. The van der Waals surface area contributed by atoms with Crippen LogP contribution in [0.3, 0.4) is 0 Å². The Hall–Kier alpha value is -2.50. The second-order valence-electron chi connectivity index (χ2n) is 4.25. The van der Waals surface area contributed by atoms with Gasteiger partial charge in [-0.3, -0.25) is 0 Å². The van der Waals surface area contributed by atoms with E-state index in [9.17, 15) is 14.7 Å². The van der Waals surface area contributed by atoms with Crippen LogP contribution in [-0.2, 0) is 0 Å². The van der Waals surface area contributed by atoms with Gasteiger partial charge in [0.2, 0.25) is 0 Å². The summed E-state index contributed by atoms with van der Waals surface area (Å²) in [5.74, 6) is -1.73. The number of phenols is 1. The molecule has 1 rings (SSSR count). The molecule has 0 radical (unpaired) electrons. The van der Waals surface area contributed by atoms with Gasteiger partial charge in [-0.1, -0.05) is 18.2 Å². The lowest BCUT2D eigenvalue weighted by Gasteiger charge is -2.18. The Morgan fingerprint density at radius 2 is 2.05 bits per heavy atom. The highest BCUT2D eigenvalue weighted by Gasteiger charge is 2.16. The van der Waals surface area contributed by atoms with Crippen molar-refractivity contribution in [1.82, 2.24) is 4.90 Å². The van der Waals surface area contributed by atoms with E-state index in [-0.39, 0.29) is 11.3 Å². The highest BCUT2D eigenvalue weighted by molar-refractivity contribution is 5.97. The molecule has 0 saturated heterocycles. The predicted molar refractivity (Wildman–Crippen MR) is 71.5 cm³/mol. The number of carboxylic acids is 1. The van der Waals surface area contributed by atoms with E-state index in [1.165, 1.54) is 23.1 Å². The largest absolute Gasteiger partial charge is 0.505 e. The van der Waals surface area contributed by atoms with E-state index in [0.29, 0.717) is 6.54 Å². The molecule has 6 nitrogen and oxygen atoms in total. The van der Waals surface area contributed by atoms with Crippen LogP contribution in [0.25, 0.3) is 0 Å². The molecular weight excluding hydrogens is 248 g/mol. The quantitative estimate of drug-likeness (QED) is 0.574. The first-order chi connectivity index (χ1) is 8.82. The van der Waals surface area contributed by atoms with E-state index in [2.05, 4.69) is 11.9 Å². The highest BCUT2D eigenvalue weighted by atomic mass is 16.4. The molecule has 1 aromatic rings. The van der Waals surface area contributed by atoms with Crippen LogP contribution in [0, 0.1) is 0 Å². The number of aromatic hydroxyl groups is 1. The summed E-state index contributed by atoms with van der Waals surface area (Å²) < 4.78 is 0. The fourth-order valence-electron chi connectivity index (χ4n) is 1.50.